The van der Waals surface area contributed by atoms with Gasteiger partial charge < -0.3 is 10.2 Å². The van der Waals surface area contributed by atoms with Gasteiger partial charge in [-0.15, -0.1) is 11.8 Å². The highest BCUT2D eigenvalue weighted by Crippen LogP contribution is 2.37. The van der Waals surface area contributed by atoms with Crippen molar-refractivity contribution >= 4 is 17.4 Å². The molecule has 2 rings (SSSR count). The second-order valence-corrected chi connectivity index (χ2v) is 5.15. The molecule has 16 heavy (non-hydrogen) atoms. The van der Waals surface area contributed by atoms with E-state index >= 15 is 0 Å². The van der Waals surface area contributed by atoms with Crippen molar-refractivity contribution in [3.8, 4) is 0 Å². The van der Waals surface area contributed by atoms with E-state index in [9.17, 15) is 0 Å². The van der Waals surface area contributed by atoms with E-state index in [2.05, 4.69) is 13.0 Å². The Morgan fingerprint density at radius 1 is 1.31 bits per heavy atom. The molecule has 0 aliphatic rings. The van der Waals surface area contributed by atoms with Crippen LogP contribution in [0.15, 0.2) is 45.9 Å². The van der Waals surface area contributed by atoms with Gasteiger partial charge in [-0.05, 0) is 37.6 Å². The predicted molar refractivity (Wildman–Crippen MR) is 68.6 cm³/mol. The molecule has 0 aliphatic carbocycles. The number of nitrogens with two attached hydrogens (primary N) is 1. The van der Waals surface area contributed by atoms with Crippen molar-refractivity contribution in [3.63, 3.8) is 0 Å². The molecule has 2 nitrogen and oxygen atoms in total. The maximum atomic E-state index is 5.77. The highest BCUT2D eigenvalue weighted by molar-refractivity contribution is 7.99. The van der Waals surface area contributed by atoms with Crippen LogP contribution in [0.4, 0.5) is 5.69 Å². The second-order valence-electron chi connectivity index (χ2n) is 3.77. The minimum Gasteiger partial charge on any atom is -0.468 e. The van der Waals surface area contributed by atoms with Crippen LogP contribution in [0.3, 0.4) is 0 Å². The molecule has 0 radical (unpaired) electrons. The summed E-state index contributed by atoms with van der Waals surface area (Å²) in [5.74, 6) is 0.973. The quantitative estimate of drug-likeness (QED) is 0.642. The highest BCUT2D eigenvalue weighted by Gasteiger charge is 2.10. The molecule has 2 aromatic rings. The van der Waals surface area contributed by atoms with Crippen molar-refractivity contribution in [2.45, 2.75) is 24.0 Å². The molecule has 0 bridgehead atoms. The van der Waals surface area contributed by atoms with Crippen molar-refractivity contribution in [3.05, 3.63) is 47.9 Å². The molecular weight excluding hydrogens is 218 g/mol. The predicted octanol–water partition coefficient (Wildman–Crippen LogP) is 4.02. The Morgan fingerprint density at radius 3 is 2.75 bits per heavy atom. The zero-order chi connectivity index (χ0) is 11.5. The van der Waals surface area contributed by atoms with Crippen molar-refractivity contribution in [1.82, 2.24) is 0 Å². The number of furan rings is 1. The standard InChI is InChI=1S/C13H15NOS/c1-9-13(6-7-15-9)16-10(2)11-4-3-5-12(14)8-11/h3-8,10H,14H2,1-2H3. The minimum absolute atomic E-state index is 0.375. The van der Waals surface area contributed by atoms with Crippen molar-refractivity contribution < 1.29 is 4.42 Å². The molecule has 0 aliphatic heterocycles. The van der Waals surface area contributed by atoms with Gasteiger partial charge in [0.05, 0.1) is 6.26 Å². The number of aryl methyl sites for hydroxylation is 1. The minimum atomic E-state index is 0.375. The lowest BCUT2D eigenvalue weighted by molar-refractivity contribution is 0.527. The third-order valence-corrected chi connectivity index (χ3v) is 3.80. The summed E-state index contributed by atoms with van der Waals surface area (Å²) in [6.07, 6.45) is 1.73. The summed E-state index contributed by atoms with van der Waals surface area (Å²) in [4.78, 5) is 1.19. The van der Waals surface area contributed by atoms with Gasteiger partial charge in [-0.2, -0.15) is 0 Å². The van der Waals surface area contributed by atoms with E-state index in [1.165, 1.54) is 10.5 Å². The van der Waals surface area contributed by atoms with Crippen molar-refractivity contribution in [1.29, 1.82) is 0 Å². The number of hydrogen-bond donors (Lipinski definition) is 1. The van der Waals surface area contributed by atoms with Crippen LogP contribution in [0.5, 0.6) is 0 Å². The molecule has 0 amide bonds. The summed E-state index contributed by atoms with van der Waals surface area (Å²) in [6.45, 7) is 4.15. The van der Waals surface area contributed by atoms with Gasteiger partial charge in [0.15, 0.2) is 0 Å². The van der Waals surface area contributed by atoms with Gasteiger partial charge in [0.25, 0.3) is 0 Å². The summed E-state index contributed by atoms with van der Waals surface area (Å²) in [5.41, 5.74) is 7.83. The fourth-order valence-electron chi connectivity index (χ4n) is 1.57. The smallest absolute Gasteiger partial charge is 0.114 e. The van der Waals surface area contributed by atoms with E-state index in [1.807, 2.05) is 31.2 Å². The van der Waals surface area contributed by atoms with Crippen LogP contribution in [-0.2, 0) is 0 Å². The monoisotopic (exact) mass is 233 g/mol. The SMILES string of the molecule is Cc1occc1SC(C)c1cccc(N)c1. The summed E-state index contributed by atoms with van der Waals surface area (Å²) >= 11 is 1.79. The normalized spacial score (nSPS) is 12.6. The highest BCUT2D eigenvalue weighted by atomic mass is 32.2. The zero-order valence-electron chi connectivity index (χ0n) is 9.44. The van der Waals surface area contributed by atoms with Gasteiger partial charge in [-0.3, -0.25) is 0 Å². The van der Waals surface area contributed by atoms with Gasteiger partial charge >= 0.3 is 0 Å². The molecule has 0 fully saturated rings. The molecule has 0 spiro atoms. The third-order valence-electron chi connectivity index (χ3n) is 2.50. The lowest BCUT2D eigenvalue weighted by Gasteiger charge is -2.11. The fourth-order valence-corrected chi connectivity index (χ4v) is 2.58. The van der Waals surface area contributed by atoms with E-state index in [0.717, 1.165) is 11.4 Å². The molecule has 1 aromatic heterocycles. The Bertz CT molecular complexity index is 478. The maximum Gasteiger partial charge on any atom is 0.114 e. The zero-order valence-corrected chi connectivity index (χ0v) is 10.3. The van der Waals surface area contributed by atoms with E-state index in [1.54, 1.807) is 18.0 Å². The first kappa shape index (κ1) is 11.1. The summed E-state index contributed by atoms with van der Waals surface area (Å²) in [5, 5.41) is 0.375. The van der Waals surface area contributed by atoms with Crippen LogP contribution in [0.25, 0.3) is 0 Å². The first-order chi connectivity index (χ1) is 7.66. The van der Waals surface area contributed by atoms with E-state index < -0.39 is 0 Å². The summed E-state index contributed by atoms with van der Waals surface area (Å²) in [6, 6.07) is 10.0. The van der Waals surface area contributed by atoms with Crippen LogP contribution in [0.2, 0.25) is 0 Å². The van der Waals surface area contributed by atoms with Gasteiger partial charge in [-0.1, -0.05) is 12.1 Å². The van der Waals surface area contributed by atoms with E-state index in [4.69, 9.17) is 10.2 Å². The lowest BCUT2D eigenvalue weighted by atomic mass is 10.1. The summed E-state index contributed by atoms with van der Waals surface area (Å²) < 4.78 is 5.28. The third kappa shape index (κ3) is 2.42. The number of nitrogen functional groups attached to an aromatic ring is 1. The Hall–Kier alpha value is -1.35. The van der Waals surface area contributed by atoms with Crippen molar-refractivity contribution in [2.75, 3.05) is 5.73 Å². The van der Waals surface area contributed by atoms with Crippen molar-refractivity contribution in [2.24, 2.45) is 0 Å². The fraction of sp³-hybridized carbons (Fsp3) is 0.231. The van der Waals surface area contributed by atoms with Crippen LogP contribution >= 0.6 is 11.8 Å². The topological polar surface area (TPSA) is 39.2 Å². The molecule has 84 valence electrons. The van der Waals surface area contributed by atoms with Crippen LogP contribution in [0, 0.1) is 6.92 Å². The van der Waals surface area contributed by atoms with Crippen LogP contribution < -0.4 is 5.73 Å². The maximum absolute atomic E-state index is 5.77. The number of anilines is 1. The average molecular weight is 233 g/mol. The Morgan fingerprint density at radius 2 is 2.12 bits per heavy atom. The molecule has 2 N–H and O–H groups in total. The molecule has 3 heteroatoms. The number of hydrogen-bond acceptors (Lipinski definition) is 3. The van der Waals surface area contributed by atoms with E-state index in [0.29, 0.717) is 5.25 Å². The molecular formula is C13H15NOS. The lowest BCUT2D eigenvalue weighted by Crippen LogP contribution is -1.91. The first-order valence-electron chi connectivity index (χ1n) is 5.23. The molecule has 1 atom stereocenters. The Labute approximate surface area is 99.8 Å². The average Bonchev–Trinajstić information content (AvgIpc) is 2.64. The Balaban J connectivity index is 2.14. The summed E-state index contributed by atoms with van der Waals surface area (Å²) in [7, 11) is 0. The number of rotatable bonds is 3. The van der Waals surface area contributed by atoms with Gasteiger partial charge in [0.2, 0.25) is 0 Å². The van der Waals surface area contributed by atoms with Crippen LogP contribution in [0.1, 0.15) is 23.5 Å². The molecule has 0 saturated heterocycles. The Kier molecular flexibility index (Phi) is 3.25. The second kappa shape index (κ2) is 4.66. The van der Waals surface area contributed by atoms with Crippen LogP contribution in [-0.4, -0.2) is 0 Å². The number of benzene rings is 1. The molecule has 1 unspecified atom stereocenters. The van der Waals surface area contributed by atoms with Gasteiger partial charge in [0, 0.05) is 15.8 Å². The molecule has 1 aromatic carbocycles. The largest absolute Gasteiger partial charge is 0.468 e. The first-order valence-corrected chi connectivity index (χ1v) is 6.11. The van der Waals surface area contributed by atoms with Gasteiger partial charge in [0.1, 0.15) is 5.76 Å². The van der Waals surface area contributed by atoms with Gasteiger partial charge in [-0.25, -0.2) is 0 Å². The van der Waals surface area contributed by atoms with E-state index in [-0.39, 0.29) is 0 Å². The molecule has 0 saturated carbocycles. The number of thioether (sulfide) groups is 1. The molecule has 1 heterocycles.